The van der Waals surface area contributed by atoms with Crippen LogP contribution in [0.4, 0.5) is 14.3 Å². The van der Waals surface area contributed by atoms with Crippen LogP contribution >= 0.6 is 11.3 Å². The molecule has 7 heteroatoms. The molecule has 0 aliphatic carbocycles. The fraction of sp³-hybridized carbons (Fsp3) is 0.0714. The van der Waals surface area contributed by atoms with Crippen molar-refractivity contribution in [1.29, 1.82) is 0 Å². The first kappa shape index (κ1) is 13.4. The van der Waals surface area contributed by atoms with Gasteiger partial charge in [0.15, 0.2) is 5.13 Å². The molecule has 0 saturated carbocycles. The number of nitrogens with zero attached hydrogens (tertiary/aromatic N) is 2. The summed E-state index contributed by atoms with van der Waals surface area (Å²) >= 11 is 1.23. The van der Waals surface area contributed by atoms with Crippen LogP contribution in [0.15, 0.2) is 42.7 Å². The number of nitrogens with one attached hydrogen (secondary N) is 2. The second-order valence-electron chi connectivity index (χ2n) is 4.30. The lowest BCUT2D eigenvalue weighted by atomic mass is 10.3. The monoisotopic (exact) mass is 302 g/mol. The summed E-state index contributed by atoms with van der Waals surface area (Å²) in [6.07, 6.45) is 3.35. The van der Waals surface area contributed by atoms with Crippen molar-refractivity contribution in [2.45, 2.75) is 6.54 Å². The number of halogens is 1. The molecule has 0 atom stereocenters. The Kier molecular flexibility index (Phi) is 3.74. The summed E-state index contributed by atoms with van der Waals surface area (Å²) < 4.78 is 13.8. The van der Waals surface area contributed by atoms with E-state index in [1.54, 1.807) is 24.5 Å². The van der Waals surface area contributed by atoms with Crippen LogP contribution < -0.4 is 10.6 Å². The van der Waals surface area contributed by atoms with E-state index in [9.17, 15) is 9.18 Å². The van der Waals surface area contributed by atoms with Crippen molar-refractivity contribution < 1.29 is 9.18 Å². The predicted molar refractivity (Wildman–Crippen MR) is 79.7 cm³/mol. The molecule has 0 bridgehead atoms. The molecule has 0 fully saturated rings. The van der Waals surface area contributed by atoms with Crippen molar-refractivity contribution in [3.63, 3.8) is 0 Å². The molecule has 2 aromatic heterocycles. The van der Waals surface area contributed by atoms with Gasteiger partial charge in [-0.15, -0.1) is 0 Å². The van der Waals surface area contributed by atoms with Crippen molar-refractivity contribution in [1.82, 2.24) is 15.3 Å². The number of carbonyl (C=O) groups is 1. The largest absolute Gasteiger partial charge is 0.334 e. The average molecular weight is 302 g/mol. The van der Waals surface area contributed by atoms with Crippen molar-refractivity contribution >= 4 is 32.7 Å². The number of aromatic nitrogens is 2. The van der Waals surface area contributed by atoms with Gasteiger partial charge in [-0.25, -0.2) is 14.2 Å². The van der Waals surface area contributed by atoms with Crippen LogP contribution in [0.3, 0.4) is 0 Å². The van der Waals surface area contributed by atoms with Crippen molar-refractivity contribution in [2.24, 2.45) is 0 Å². The lowest BCUT2D eigenvalue weighted by molar-refractivity contribution is 0.251. The van der Waals surface area contributed by atoms with Gasteiger partial charge in [-0.3, -0.25) is 10.3 Å². The zero-order chi connectivity index (χ0) is 14.7. The molecule has 2 heterocycles. The van der Waals surface area contributed by atoms with Gasteiger partial charge in [0.2, 0.25) is 0 Å². The molecule has 0 spiro atoms. The Labute approximate surface area is 123 Å². The normalized spacial score (nSPS) is 10.5. The standard InChI is InChI=1S/C14H11FN4OS/c15-10-3-4-11-12(6-10)21-14(18-11)19-13(20)17-8-9-2-1-5-16-7-9/h1-7H,8H2,(H2,17,18,19,20). The third-order valence-corrected chi connectivity index (χ3v) is 3.68. The highest BCUT2D eigenvalue weighted by molar-refractivity contribution is 7.22. The van der Waals surface area contributed by atoms with Crippen LogP contribution in [0.5, 0.6) is 0 Å². The van der Waals surface area contributed by atoms with Gasteiger partial charge < -0.3 is 5.32 Å². The van der Waals surface area contributed by atoms with Gasteiger partial charge in [-0.1, -0.05) is 17.4 Å². The van der Waals surface area contributed by atoms with E-state index >= 15 is 0 Å². The number of hydrogen-bond acceptors (Lipinski definition) is 4. The molecule has 0 radical (unpaired) electrons. The first-order valence-electron chi connectivity index (χ1n) is 6.20. The summed E-state index contributed by atoms with van der Waals surface area (Å²) in [7, 11) is 0. The van der Waals surface area contributed by atoms with Crippen LogP contribution in [0, 0.1) is 5.82 Å². The van der Waals surface area contributed by atoms with Gasteiger partial charge in [0, 0.05) is 18.9 Å². The molecule has 5 nitrogen and oxygen atoms in total. The predicted octanol–water partition coefficient (Wildman–Crippen LogP) is 3.15. The number of anilines is 1. The third kappa shape index (κ3) is 3.32. The molecular weight excluding hydrogens is 291 g/mol. The zero-order valence-electron chi connectivity index (χ0n) is 10.8. The zero-order valence-corrected chi connectivity index (χ0v) is 11.7. The van der Waals surface area contributed by atoms with Crippen LogP contribution in [0.1, 0.15) is 5.56 Å². The Morgan fingerprint density at radius 1 is 1.33 bits per heavy atom. The molecule has 3 aromatic rings. The summed E-state index contributed by atoms with van der Waals surface area (Å²) in [5.41, 5.74) is 1.56. The topological polar surface area (TPSA) is 66.9 Å². The maximum absolute atomic E-state index is 13.1. The van der Waals surface area contributed by atoms with E-state index in [0.717, 1.165) is 5.56 Å². The Morgan fingerprint density at radius 3 is 3.05 bits per heavy atom. The molecule has 0 saturated heterocycles. The number of pyridine rings is 1. The summed E-state index contributed by atoms with van der Waals surface area (Å²) in [4.78, 5) is 20.0. The molecule has 21 heavy (non-hydrogen) atoms. The van der Waals surface area contributed by atoms with Gasteiger partial charge in [0.05, 0.1) is 10.2 Å². The fourth-order valence-corrected chi connectivity index (χ4v) is 2.66. The van der Waals surface area contributed by atoms with E-state index in [-0.39, 0.29) is 11.8 Å². The number of rotatable bonds is 3. The quantitative estimate of drug-likeness (QED) is 0.781. The summed E-state index contributed by atoms with van der Waals surface area (Å²) in [5, 5.41) is 5.77. The molecule has 1 aromatic carbocycles. The Balaban J connectivity index is 1.63. The van der Waals surface area contributed by atoms with Gasteiger partial charge in [0.1, 0.15) is 5.82 Å². The SMILES string of the molecule is O=C(NCc1cccnc1)Nc1nc2ccc(F)cc2s1. The first-order valence-corrected chi connectivity index (χ1v) is 7.02. The molecule has 0 aliphatic heterocycles. The van der Waals surface area contributed by atoms with Gasteiger partial charge in [-0.05, 0) is 29.8 Å². The second kappa shape index (κ2) is 5.84. The maximum Gasteiger partial charge on any atom is 0.321 e. The van der Waals surface area contributed by atoms with Gasteiger partial charge in [0.25, 0.3) is 0 Å². The van der Waals surface area contributed by atoms with Crippen molar-refractivity contribution in [3.8, 4) is 0 Å². The molecule has 106 valence electrons. The van der Waals surface area contributed by atoms with E-state index in [1.165, 1.54) is 23.5 Å². The van der Waals surface area contributed by atoms with E-state index in [1.807, 2.05) is 6.07 Å². The highest BCUT2D eigenvalue weighted by Gasteiger charge is 2.08. The fourth-order valence-electron chi connectivity index (χ4n) is 1.78. The maximum atomic E-state index is 13.1. The highest BCUT2D eigenvalue weighted by atomic mass is 32.1. The van der Waals surface area contributed by atoms with Gasteiger partial charge >= 0.3 is 6.03 Å². The van der Waals surface area contributed by atoms with Crippen LogP contribution in [0.2, 0.25) is 0 Å². The van der Waals surface area contributed by atoms with E-state index in [0.29, 0.717) is 21.9 Å². The average Bonchev–Trinajstić information content (AvgIpc) is 2.87. The Bertz CT molecular complexity index is 775. The molecular formula is C14H11FN4OS. The number of hydrogen-bond donors (Lipinski definition) is 2. The molecule has 3 rings (SSSR count). The minimum atomic E-state index is -0.363. The minimum Gasteiger partial charge on any atom is -0.334 e. The second-order valence-corrected chi connectivity index (χ2v) is 5.33. The van der Waals surface area contributed by atoms with Crippen molar-refractivity contribution in [2.75, 3.05) is 5.32 Å². The molecule has 2 amide bonds. The minimum absolute atomic E-state index is 0.321. The summed E-state index contributed by atoms with van der Waals surface area (Å²) in [5.74, 6) is -0.321. The number of urea groups is 1. The number of thiazole rings is 1. The van der Waals surface area contributed by atoms with Crippen LogP contribution in [-0.4, -0.2) is 16.0 Å². The summed E-state index contributed by atoms with van der Waals surface area (Å²) in [6, 6.07) is 7.63. The highest BCUT2D eigenvalue weighted by Crippen LogP contribution is 2.26. The number of fused-ring (bicyclic) bond motifs is 1. The Morgan fingerprint density at radius 2 is 2.24 bits per heavy atom. The number of carbonyl (C=O) groups excluding carboxylic acids is 1. The Hall–Kier alpha value is -2.54. The summed E-state index contributed by atoms with van der Waals surface area (Å²) in [6.45, 7) is 0.374. The van der Waals surface area contributed by atoms with E-state index in [2.05, 4.69) is 20.6 Å². The number of amides is 2. The lowest BCUT2D eigenvalue weighted by Gasteiger charge is -2.04. The molecule has 2 N–H and O–H groups in total. The van der Waals surface area contributed by atoms with Crippen LogP contribution in [0.25, 0.3) is 10.2 Å². The van der Waals surface area contributed by atoms with Crippen molar-refractivity contribution in [3.05, 3.63) is 54.1 Å². The van der Waals surface area contributed by atoms with E-state index < -0.39 is 0 Å². The third-order valence-electron chi connectivity index (χ3n) is 2.75. The number of benzene rings is 1. The van der Waals surface area contributed by atoms with Crippen LogP contribution in [-0.2, 0) is 6.54 Å². The van der Waals surface area contributed by atoms with E-state index in [4.69, 9.17) is 0 Å². The lowest BCUT2D eigenvalue weighted by Crippen LogP contribution is -2.28. The molecule has 0 unspecified atom stereocenters. The van der Waals surface area contributed by atoms with Gasteiger partial charge in [-0.2, -0.15) is 0 Å². The smallest absolute Gasteiger partial charge is 0.321 e. The first-order chi connectivity index (χ1) is 10.2. The molecule has 0 aliphatic rings.